The third-order valence-corrected chi connectivity index (χ3v) is 3.00. The van der Waals surface area contributed by atoms with E-state index in [9.17, 15) is 4.79 Å². The van der Waals surface area contributed by atoms with Gasteiger partial charge in [-0.1, -0.05) is 27.7 Å². The molecule has 0 saturated heterocycles. The van der Waals surface area contributed by atoms with Gasteiger partial charge in [-0.25, -0.2) is 4.68 Å². The van der Waals surface area contributed by atoms with Crippen molar-refractivity contribution in [3.63, 3.8) is 0 Å². The first-order valence-electron chi connectivity index (χ1n) is 7.26. The summed E-state index contributed by atoms with van der Waals surface area (Å²) in [5.41, 5.74) is 1.75. The fourth-order valence-corrected chi connectivity index (χ4v) is 1.90. The number of methoxy groups -OCH3 is 1. The zero-order chi connectivity index (χ0) is 15.1. The molecule has 5 nitrogen and oxygen atoms in total. The van der Waals surface area contributed by atoms with Crippen LogP contribution in [-0.2, 0) is 17.8 Å². The van der Waals surface area contributed by atoms with Gasteiger partial charge in [0.15, 0.2) is 0 Å². The van der Waals surface area contributed by atoms with Crippen LogP contribution in [0.5, 0.6) is 0 Å². The Morgan fingerprint density at radius 1 is 1.35 bits per heavy atom. The quantitative estimate of drug-likeness (QED) is 0.738. The molecule has 0 saturated carbocycles. The van der Waals surface area contributed by atoms with E-state index in [1.807, 2.05) is 6.07 Å². The SMILES string of the molecule is COCCNCc1cc(C(C)C)nn(CC(C)C)c1=O. The highest BCUT2D eigenvalue weighted by Crippen LogP contribution is 2.11. The fraction of sp³-hybridized carbons (Fsp3) is 0.733. The summed E-state index contributed by atoms with van der Waals surface area (Å²) in [6.45, 7) is 11.0. The summed E-state index contributed by atoms with van der Waals surface area (Å²) >= 11 is 0. The summed E-state index contributed by atoms with van der Waals surface area (Å²) in [5.74, 6) is 0.712. The van der Waals surface area contributed by atoms with Crippen molar-refractivity contribution >= 4 is 0 Å². The Morgan fingerprint density at radius 3 is 2.60 bits per heavy atom. The minimum atomic E-state index is 0.00742. The van der Waals surface area contributed by atoms with E-state index in [1.165, 1.54) is 0 Å². The zero-order valence-corrected chi connectivity index (χ0v) is 13.3. The van der Waals surface area contributed by atoms with Crippen molar-refractivity contribution in [3.05, 3.63) is 27.7 Å². The molecular formula is C15H27N3O2. The van der Waals surface area contributed by atoms with E-state index < -0.39 is 0 Å². The molecule has 0 aromatic carbocycles. The number of hydrogen-bond donors (Lipinski definition) is 1. The standard InChI is InChI=1S/C15H27N3O2/c1-11(2)10-18-15(19)13(9-16-6-7-20-5)8-14(17-18)12(3)4/h8,11-12,16H,6-7,9-10H2,1-5H3. The van der Waals surface area contributed by atoms with E-state index in [4.69, 9.17) is 4.74 Å². The highest BCUT2D eigenvalue weighted by atomic mass is 16.5. The molecule has 0 fully saturated rings. The number of hydrogen-bond acceptors (Lipinski definition) is 4. The molecule has 5 heteroatoms. The number of aromatic nitrogens is 2. The van der Waals surface area contributed by atoms with Gasteiger partial charge >= 0.3 is 0 Å². The highest BCUT2D eigenvalue weighted by Gasteiger charge is 2.11. The van der Waals surface area contributed by atoms with Gasteiger partial charge in [-0.05, 0) is 17.9 Å². The van der Waals surface area contributed by atoms with E-state index in [-0.39, 0.29) is 5.56 Å². The lowest BCUT2D eigenvalue weighted by molar-refractivity contribution is 0.199. The number of nitrogens with zero attached hydrogens (tertiary/aromatic N) is 2. The Hall–Kier alpha value is -1.20. The molecule has 0 radical (unpaired) electrons. The largest absolute Gasteiger partial charge is 0.383 e. The van der Waals surface area contributed by atoms with Gasteiger partial charge in [0, 0.05) is 32.3 Å². The van der Waals surface area contributed by atoms with Crippen LogP contribution < -0.4 is 10.9 Å². The van der Waals surface area contributed by atoms with Crippen LogP contribution in [0.4, 0.5) is 0 Å². The third kappa shape index (κ3) is 5.06. The molecule has 114 valence electrons. The molecule has 1 N–H and O–H groups in total. The molecule has 1 rings (SSSR count). The van der Waals surface area contributed by atoms with Gasteiger partial charge in [0.2, 0.25) is 0 Å². The zero-order valence-electron chi connectivity index (χ0n) is 13.3. The first kappa shape index (κ1) is 16.9. The maximum absolute atomic E-state index is 12.4. The Labute approximate surface area is 121 Å². The number of nitrogens with one attached hydrogen (secondary N) is 1. The predicted molar refractivity (Wildman–Crippen MR) is 81.0 cm³/mol. The smallest absolute Gasteiger partial charge is 0.271 e. The molecule has 0 aliphatic carbocycles. The van der Waals surface area contributed by atoms with Crippen molar-refractivity contribution in [2.24, 2.45) is 5.92 Å². The lowest BCUT2D eigenvalue weighted by atomic mass is 10.1. The van der Waals surface area contributed by atoms with E-state index in [1.54, 1.807) is 11.8 Å². The van der Waals surface area contributed by atoms with Crippen LogP contribution in [0.2, 0.25) is 0 Å². The van der Waals surface area contributed by atoms with E-state index in [2.05, 4.69) is 38.1 Å². The number of ether oxygens (including phenoxy) is 1. The summed E-state index contributed by atoms with van der Waals surface area (Å²) in [6.07, 6.45) is 0. The molecule has 1 heterocycles. The second-order valence-electron chi connectivity index (χ2n) is 5.80. The molecule has 1 aromatic rings. The Bertz CT molecular complexity index is 467. The molecule has 0 spiro atoms. The van der Waals surface area contributed by atoms with Crippen LogP contribution in [0.3, 0.4) is 0 Å². The summed E-state index contributed by atoms with van der Waals surface area (Å²) in [6, 6.07) is 1.92. The Balaban J connectivity index is 2.96. The molecule has 1 aromatic heterocycles. The van der Waals surface area contributed by atoms with Crippen LogP contribution in [0.1, 0.15) is 44.9 Å². The maximum atomic E-state index is 12.4. The van der Waals surface area contributed by atoms with Crippen molar-refractivity contribution in [1.29, 1.82) is 0 Å². The van der Waals surface area contributed by atoms with E-state index in [0.29, 0.717) is 31.5 Å². The molecule has 0 amide bonds. The van der Waals surface area contributed by atoms with Gasteiger partial charge in [0.25, 0.3) is 5.56 Å². The minimum Gasteiger partial charge on any atom is -0.383 e. The van der Waals surface area contributed by atoms with E-state index in [0.717, 1.165) is 17.8 Å². The van der Waals surface area contributed by atoms with Crippen LogP contribution in [-0.4, -0.2) is 30.0 Å². The van der Waals surface area contributed by atoms with Crippen LogP contribution in [0.25, 0.3) is 0 Å². The van der Waals surface area contributed by atoms with Gasteiger partial charge in [0.05, 0.1) is 12.3 Å². The molecular weight excluding hydrogens is 254 g/mol. The third-order valence-electron chi connectivity index (χ3n) is 3.00. The lowest BCUT2D eigenvalue weighted by Crippen LogP contribution is -2.32. The predicted octanol–water partition coefficient (Wildman–Crippen LogP) is 1.76. The van der Waals surface area contributed by atoms with E-state index >= 15 is 0 Å². The molecule has 20 heavy (non-hydrogen) atoms. The molecule has 0 aliphatic rings. The Morgan fingerprint density at radius 2 is 2.05 bits per heavy atom. The maximum Gasteiger partial charge on any atom is 0.271 e. The minimum absolute atomic E-state index is 0.00742. The molecule has 0 aliphatic heterocycles. The van der Waals surface area contributed by atoms with Crippen molar-refractivity contribution in [2.75, 3.05) is 20.3 Å². The van der Waals surface area contributed by atoms with Crippen LogP contribution >= 0.6 is 0 Å². The second kappa shape index (κ2) is 8.17. The average Bonchev–Trinajstić information content (AvgIpc) is 2.37. The normalized spacial score (nSPS) is 11.6. The van der Waals surface area contributed by atoms with Crippen LogP contribution in [0.15, 0.2) is 10.9 Å². The molecule has 0 atom stereocenters. The van der Waals surface area contributed by atoms with Crippen LogP contribution in [0, 0.1) is 5.92 Å². The monoisotopic (exact) mass is 281 g/mol. The molecule has 0 unspecified atom stereocenters. The average molecular weight is 281 g/mol. The first-order chi connectivity index (χ1) is 9.45. The summed E-state index contributed by atoms with van der Waals surface area (Å²) < 4.78 is 6.59. The van der Waals surface area contributed by atoms with Crippen molar-refractivity contribution in [2.45, 2.75) is 46.7 Å². The van der Waals surface area contributed by atoms with Gasteiger partial charge in [-0.15, -0.1) is 0 Å². The Kier molecular flexibility index (Phi) is 6.88. The fourth-order valence-electron chi connectivity index (χ4n) is 1.90. The second-order valence-corrected chi connectivity index (χ2v) is 5.80. The van der Waals surface area contributed by atoms with Gasteiger partial charge in [-0.3, -0.25) is 4.79 Å². The van der Waals surface area contributed by atoms with Crippen molar-refractivity contribution in [3.8, 4) is 0 Å². The van der Waals surface area contributed by atoms with Crippen molar-refractivity contribution in [1.82, 2.24) is 15.1 Å². The summed E-state index contributed by atoms with van der Waals surface area (Å²) in [4.78, 5) is 12.4. The topological polar surface area (TPSA) is 56.1 Å². The van der Waals surface area contributed by atoms with Gasteiger partial charge in [-0.2, -0.15) is 5.10 Å². The summed E-state index contributed by atoms with van der Waals surface area (Å²) in [5, 5.41) is 7.69. The first-order valence-corrected chi connectivity index (χ1v) is 7.26. The summed E-state index contributed by atoms with van der Waals surface area (Å²) in [7, 11) is 1.67. The molecule has 0 bridgehead atoms. The van der Waals surface area contributed by atoms with Gasteiger partial charge < -0.3 is 10.1 Å². The number of rotatable bonds is 8. The van der Waals surface area contributed by atoms with Gasteiger partial charge in [0.1, 0.15) is 0 Å². The van der Waals surface area contributed by atoms with Crippen molar-refractivity contribution < 1.29 is 4.74 Å². The highest BCUT2D eigenvalue weighted by molar-refractivity contribution is 5.16. The lowest BCUT2D eigenvalue weighted by Gasteiger charge is -2.14.